The fourth-order valence-corrected chi connectivity index (χ4v) is 0.510. The Hall–Kier alpha value is -0.0505. The van der Waals surface area contributed by atoms with Crippen LogP contribution in [0.1, 0.15) is 19.8 Å². The molecule has 1 N–H and O–H groups in total. The molecule has 1 saturated heterocycles. The maximum atomic E-state index is 9.00. The summed E-state index contributed by atoms with van der Waals surface area (Å²) in [5, 5.41) is 7.42. The molecule has 0 aromatic carbocycles. The Kier molecular flexibility index (Phi) is 11.3. The summed E-state index contributed by atoms with van der Waals surface area (Å²) in [4.78, 5) is 9.00. The predicted octanol–water partition coefficient (Wildman–Crippen LogP) is 0.885. The van der Waals surface area contributed by atoms with Gasteiger partial charge in [-0.25, -0.2) is 0 Å². The minimum atomic E-state index is -0.833. The van der Waals surface area contributed by atoms with Crippen LogP contribution in [0.3, 0.4) is 0 Å². The second kappa shape index (κ2) is 8.95. The van der Waals surface area contributed by atoms with E-state index in [0.717, 1.165) is 20.1 Å². The molecule has 0 bridgehead atoms. The summed E-state index contributed by atoms with van der Waals surface area (Å²) in [5.41, 5.74) is 0. The van der Waals surface area contributed by atoms with Crippen LogP contribution in [0.25, 0.3) is 0 Å². The van der Waals surface area contributed by atoms with Gasteiger partial charge in [0.25, 0.3) is 5.97 Å². The van der Waals surface area contributed by atoms with Gasteiger partial charge < -0.3 is 9.84 Å². The van der Waals surface area contributed by atoms with Crippen LogP contribution in [0.15, 0.2) is 0 Å². The van der Waals surface area contributed by atoms with Crippen molar-refractivity contribution in [2.75, 3.05) is 13.2 Å². The molecular formula is C6H12CuO3. The average molecular weight is 196 g/mol. The summed E-state index contributed by atoms with van der Waals surface area (Å²) >= 11 is 0. The second-order valence-electron chi connectivity index (χ2n) is 1.84. The van der Waals surface area contributed by atoms with Crippen LogP contribution in [0.4, 0.5) is 0 Å². The molecule has 10 heavy (non-hydrogen) atoms. The van der Waals surface area contributed by atoms with Gasteiger partial charge in [-0.15, -0.1) is 0 Å². The first-order valence-electron chi connectivity index (χ1n) is 3.01. The van der Waals surface area contributed by atoms with Crippen molar-refractivity contribution in [1.82, 2.24) is 0 Å². The van der Waals surface area contributed by atoms with Crippen molar-refractivity contribution >= 4 is 5.97 Å². The van der Waals surface area contributed by atoms with Crippen LogP contribution in [-0.2, 0) is 26.6 Å². The Bertz CT molecular complexity index is 69.5. The molecule has 1 fully saturated rings. The van der Waals surface area contributed by atoms with E-state index in [0.29, 0.717) is 0 Å². The monoisotopic (exact) mass is 195 g/mol. The predicted molar refractivity (Wildman–Crippen MR) is 33.4 cm³/mol. The fraction of sp³-hybridized carbons (Fsp3) is 0.833. The zero-order chi connectivity index (χ0) is 7.11. The first kappa shape index (κ1) is 12.6. The molecule has 1 aliphatic heterocycles. The number of carboxylic acid groups (broad SMARTS) is 1. The van der Waals surface area contributed by atoms with Gasteiger partial charge in [0.1, 0.15) is 0 Å². The van der Waals surface area contributed by atoms with Gasteiger partial charge in [-0.1, -0.05) is 0 Å². The summed E-state index contributed by atoms with van der Waals surface area (Å²) in [7, 11) is 0. The van der Waals surface area contributed by atoms with Gasteiger partial charge in [0.15, 0.2) is 0 Å². The summed E-state index contributed by atoms with van der Waals surface area (Å²) in [6.45, 7) is 3.08. The van der Waals surface area contributed by atoms with Crippen LogP contribution in [0.2, 0.25) is 0 Å². The van der Waals surface area contributed by atoms with Crippen molar-refractivity contribution < 1.29 is 31.7 Å². The number of carboxylic acids is 1. The number of aliphatic carboxylic acids is 1. The van der Waals surface area contributed by atoms with E-state index in [9.17, 15) is 0 Å². The molecule has 0 amide bonds. The smallest absolute Gasteiger partial charge is 0.300 e. The number of hydrogen-bond donors (Lipinski definition) is 1. The van der Waals surface area contributed by atoms with Gasteiger partial charge in [-0.2, -0.15) is 0 Å². The van der Waals surface area contributed by atoms with Crippen molar-refractivity contribution in [3.05, 3.63) is 0 Å². The van der Waals surface area contributed by atoms with E-state index in [2.05, 4.69) is 0 Å². The molecule has 1 heterocycles. The van der Waals surface area contributed by atoms with Crippen LogP contribution < -0.4 is 0 Å². The molecule has 0 aromatic rings. The summed E-state index contributed by atoms with van der Waals surface area (Å²) < 4.78 is 4.94. The molecule has 0 aliphatic carbocycles. The third-order valence-corrected chi connectivity index (χ3v) is 0.827. The fourth-order valence-electron chi connectivity index (χ4n) is 0.510. The molecule has 65 valence electrons. The molecule has 0 unspecified atom stereocenters. The molecular weight excluding hydrogens is 184 g/mol. The minimum Gasteiger partial charge on any atom is -0.481 e. The largest absolute Gasteiger partial charge is 0.481 e. The van der Waals surface area contributed by atoms with Crippen LogP contribution >= 0.6 is 0 Å². The van der Waals surface area contributed by atoms with Gasteiger partial charge in [0, 0.05) is 37.2 Å². The molecule has 0 aromatic heterocycles. The van der Waals surface area contributed by atoms with Gasteiger partial charge in [-0.3, -0.25) is 4.79 Å². The number of rotatable bonds is 0. The molecule has 0 spiro atoms. The van der Waals surface area contributed by atoms with Crippen molar-refractivity contribution in [2.24, 2.45) is 0 Å². The first-order valence-corrected chi connectivity index (χ1v) is 3.01. The minimum absolute atomic E-state index is 0. The molecule has 4 heteroatoms. The summed E-state index contributed by atoms with van der Waals surface area (Å²) in [6, 6.07) is 0. The number of ether oxygens (including phenoxy) is 1. The second-order valence-corrected chi connectivity index (χ2v) is 1.84. The first-order chi connectivity index (χ1) is 4.23. The van der Waals surface area contributed by atoms with Crippen LogP contribution in [0, 0.1) is 0 Å². The Labute approximate surface area is 71.2 Å². The molecule has 1 aliphatic rings. The van der Waals surface area contributed by atoms with E-state index in [-0.39, 0.29) is 17.1 Å². The van der Waals surface area contributed by atoms with Crippen molar-refractivity contribution in [3.63, 3.8) is 0 Å². The summed E-state index contributed by atoms with van der Waals surface area (Å²) in [5.74, 6) is -0.833. The SMILES string of the molecule is C1CCOC1.CC(=O)O.[Cu]. The van der Waals surface area contributed by atoms with Crippen LogP contribution in [0.5, 0.6) is 0 Å². The standard InChI is InChI=1S/C4H8O.C2H4O2.Cu/c1-2-4-5-3-1;1-2(3)4;/h1-4H2;1H3,(H,3,4);. The van der Waals surface area contributed by atoms with Crippen molar-refractivity contribution in [1.29, 1.82) is 0 Å². The number of carbonyl (C=O) groups is 1. The molecule has 1 radical (unpaired) electrons. The van der Waals surface area contributed by atoms with Crippen molar-refractivity contribution in [2.45, 2.75) is 19.8 Å². The van der Waals surface area contributed by atoms with Gasteiger partial charge in [0.05, 0.1) is 0 Å². The zero-order valence-corrected chi connectivity index (χ0v) is 6.84. The Balaban J connectivity index is 0. The van der Waals surface area contributed by atoms with E-state index in [1.807, 2.05) is 0 Å². The van der Waals surface area contributed by atoms with E-state index < -0.39 is 5.97 Å². The quantitative estimate of drug-likeness (QED) is 0.584. The Morgan fingerprint density at radius 1 is 1.40 bits per heavy atom. The maximum absolute atomic E-state index is 9.00. The molecule has 0 atom stereocenters. The Morgan fingerprint density at radius 3 is 1.80 bits per heavy atom. The van der Waals surface area contributed by atoms with E-state index in [4.69, 9.17) is 14.6 Å². The average Bonchev–Trinajstić information content (AvgIpc) is 2.11. The normalized spacial score (nSPS) is 14.5. The number of hydrogen-bond acceptors (Lipinski definition) is 2. The topological polar surface area (TPSA) is 46.5 Å². The van der Waals surface area contributed by atoms with E-state index in [1.165, 1.54) is 12.8 Å². The maximum Gasteiger partial charge on any atom is 0.300 e. The van der Waals surface area contributed by atoms with Gasteiger partial charge >= 0.3 is 0 Å². The van der Waals surface area contributed by atoms with E-state index in [1.54, 1.807) is 0 Å². The summed E-state index contributed by atoms with van der Waals surface area (Å²) in [6.07, 6.45) is 2.56. The molecule has 3 nitrogen and oxygen atoms in total. The third-order valence-electron chi connectivity index (χ3n) is 0.827. The zero-order valence-electron chi connectivity index (χ0n) is 5.89. The van der Waals surface area contributed by atoms with E-state index >= 15 is 0 Å². The molecule has 1 rings (SSSR count). The Morgan fingerprint density at radius 2 is 1.70 bits per heavy atom. The van der Waals surface area contributed by atoms with Gasteiger partial charge in [-0.05, 0) is 12.8 Å². The molecule has 0 saturated carbocycles. The van der Waals surface area contributed by atoms with Gasteiger partial charge in [0.2, 0.25) is 0 Å². The third kappa shape index (κ3) is 15.7. The van der Waals surface area contributed by atoms with Crippen LogP contribution in [-0.4, -0.2) is 24.3 Å². The van der Waals surface area contributed by atoms with Crippen molar-refractivity contribution in [3.8, 4) is 0 Å².